The van der Waals surface area contributed by atoms with Gasteiger partial charge in [0.2, 0.25) is 10.0 Å². The zero-order valence-corrected chi connectivity index (χ0v) is 21.1. The number of hydrogen-bond donors (Lipinski definition) is 4. The summed E-state index contributed by atoms with van der Waals surface area (Å²) in [5.41, 5.74) is 12.2. The van der Waals surface area contributed by atoms with Gasteiger partial charge in [-0.05, 0) is 36.6 Å². The summed E-state index contributed by atoms with van der Waals surface area (Å²) in [5.74, 6) is 0.302. The summed E-state index contributed by atoms with van der Waals surface area (Å²) in [6, 6.07) is 17.4. The highest BCUT2D eigenvalue weighted by molar-refractivity contribution is 7.89. The lowest BCUT2D eigenvalue weighted by atomic mass is 9.99. The lowest BCUT2D eigenvalue weighted by Gasteiger charge is -2.14. The van der Waals surface area contributed by atoms with E-state index in [9.17, 15) is 8.42 Å². The maximum atomic E-state index is 12.0. The van der Waals surface area contributed by atoms with Gasteiger partial charge in [-0.1, -0.05) is 76.2 Å². The third-order valence-corrected chi connectivity index (χ3v) is 4.66. The van der Waals surface area contributed by atoms with Crippen LogP contribution in [0.3, 0.4) is 0 Å². The molecule has 192 valence electrons. The lowest BCUT2D eigenvalue weighted by Crippen LogP contribution is -2.16. The molecule has 9 nitrogen and oxygen atoms in total. The van der Waals surface area contributed by atoms with Crippen molar-refractivity contribution in [3.63, 3.8) is 0 Å². The second-order valence-corrected chi connectivity index (χ2v) is 8.79. The molecule has 0 aliphatic heterocycles. The van der Waals surface area contributed by atoms with Crippen LogP contribution < -0.4 is 21.3 Å². The fourth-order valence-electron chi connectivity index (χ4n) is 2.59. The van der Waals surface area contributed by atoms with Gasteiger partial charge in [0, 0.05) is 16.7 Å². The first-order chi connectivity index (χ1) is 15.5. The smallest absolute Gasteiger partial charge is 0.259 e. The quantitative estimate of drug-likeness (QED) is 0.358. The molecular weight excluding hydrogens is 508 g/mol. The molecule has 3 aromatic rings. The van der Waals surface area contributed by atoms with Crippen molar-refractivity contribution in [3.05, 3.63) is 66.9 Å². The normalized spacial score (nSPS) is 9.46. The number of nitrogens with two attached hydrogens (primary N) is 3. The molecule has 0 amide bonds. The van der Waals surface area contributed by atoms with Gasteiger partial charge in [-0.15, -0.1) is 0 Å². The Morgan fingerprint density at radius 3 is 1.97 bits per heavy atom. The summed E-state index contributed by atoms with van der Waals surface area (Å²) in [7, 11) is -3.94. The van der Waals surface area contributed by atoms with Crippen molar-refractivity contribution >= 4 is 44.8 Å². The van der Waals surface area contributed by atoms with Crippen molar-refractivity contribution < 1.29 is 23.7 Å². The van der Waals surface area contributed by atoms with Gasteiger partial charge in [0.05, 0.1) is 16.8 Å². The molecular formula is C23H32N4O5S3. The molecule has 1 heterocycles. The van der Waals surface area contributed by atoms with Gasteiger partial charge >= 0.3 is 0 Å². The molecule has 1 aromatic heterocycles. The van der Waals surface area contributed by atoms with Crippen LogP contribution in [0.1, 0.15) is 27.7 Å². The van der Waals surface area contributed by atoms with E-state index >= 15 is 0 Å². The van der Waals surface area contributed by atoms with Gasteiger partial charge in [0.15, 0.2) is 0 Å². The largest absolute Gasteiger partial charge is 0.487 e. The first-order valence-corrected chi connectivity index (χ1v) is 12.0. The van der Waals surface area contributed by atoms with Crippen LogP contribution in [0.15, 0.2) is 71.8 Å². The number of rotatable bonds is 4. The SMILES string of the molecule is C.CCC.NC(=S)Oc1cnc(-c2ccccc2)c(-c2ccccc2S(N)(=O)=O)c1.NC(O)=S.O. The molecule has 0 saturated carbocycles. The maximum absolute atomic E-state index is 12.0. The molecule has 0 aliphatic carbocycles. The van der Waals surface area contributed by atoms with Crippen LogP contribution in [0.2, 0.25) is 0 Å². The van der Waals surface area contributed by atoms with Crippen LogP contribution in [0, 0.1) is 0 Å². The fourth-order valence-corrected chi connectivity index (χ4v) is 3.44. The van der Waals surface area contributed by atoms with Crippen molar-refractivity contribution in [1.82, 2.24) is 4.98 Å². The summed E-state index contributed by atoms with van der Waals surface area (Å²) >= 11 is 8.63. The number of aliphatic hydroxyl groups is 1. The van der Waals surface area contributed by atoms with Crippen molar-refractivity contribution in [2.45, 2.75) is 32.6 Å². The molecule has 0 saturated heterocycles. The molecule has 35 heavy (non-hydrogen) atoms. The Kier molecular flexibility index (Phi) is 16.0. The summed E-state index contributed by atoms with van der Waals surface area (Å²) in [4.78, 5) is 4.42. The number of sulfonamides is 1. The Morgan fingerprint density at radius 2 is 1.49 bits per heavy atom. The Hall–Kier alpha value is -3.16. The van der Waals surface area contributed by atoms with Gasteiger partial charge in [-0.2, -0.15) is 0 Å². The number of primary sulfonamides is 1. The monoisotopic (exact) mass is 540 g/mol. The number of benzene rings is 2. The summed E-state index contributed by atoms with van der Waals surface area (Å²) in [5, 5.41) is 12.3. The number of hydrogen-bond acceptors (Lipinski definition) is 6. The third-order valence-electron chi connectivity index (χ3n) is 3.61. The molecule has 2 aromatic carbocycles. The standard InChI is InChI=1S/C18H15N3O3S2.C3H8.CH3NOS.CH4.H2O/c19-18(25)24-13-10-15(14-8-4-5-9-16(14)26(20,22)23)17(21-11-13)12-6-2-1-3-7-12;1-3-2;2-1(3)4;;/h1-11H,(H2,19,25)(H2,20,22,23);3H2,1-2H3;(H3,2,3,4);1H4;1H2. The molecule has 0 aliphatic rings. The topological polar surface area (TPSA) is 186 Å². The average Bonchev–Trinajstić information content (AvgIpc) is 2.73. The average molecular weight is 541 g/mol. The molecule has 0 fully saturated rings. The molecule has 0 atom stereocenters. The van der Waals surface area contributed by atoms with E-state index < -0.39 is 15.2 Å². The molecule has 3 rings (SSSR count). The Bertz CT molecular complexity index is 1190. The van der Waals surface area contributed by atoms with Crippen LogP contribution in [0.4, 0.5) is 0 Å². The van der Waals surface area contributed by atoms with Gasteiger partial charge in [0.1, 0.15) is 5.75 Å². The summed E-state index contributed by atoms with van der Waals surface area (Å²) in [6.07, 6.45) is 2.73. The molecule has 0 spiro atoms. The highest BCUT2D eigenvalue weighted by Gasteiger charge is 2.19. The highest BCUT2D eigenvalue weighted by atomic mass is 32.2. The van der Waals surface area contributed by atoms with Crippen LogP contribution in [-0.4, -0.2) is 34.3 Å². The minimum absolute atomic E-state index is 0. The first kappa shape index (κ1) is 34.0. The number of aromatic nitrogens is 1. The van der Waals surface area contributed by atoms with Crippen molar-refractivity contribution in [2.75, 3.05) is 0 Å². The predicted octanol–water partition coefficient (Wildman–Crippen LogP) is 3.70. The van der Waals surface area contributed by atoms with E-state index in [0.717, 1.165) is 5.56 Å². The van der Waals surface area contributed by atoms with Crippen molar-refractivity contribution in [2.24, 2.45) is 16.6 Å². The van der Waals surface area contributed by atoms with E-state index in [0.29, 0.717) is 22.6 Å². The molecule has 12 heteroatoms. The Morgan fingerprint density at radius 1 is 1.00 bits per heavy atom. The molecule has 9 N–H and O–H groups in total. The Balaban J connectivity index is 0. The van der Waals surface area contributed by atoms with E-state index in [1.54, 1.807) is 24.3 Å². The van der Waals surface area contributed by atoms with Gasteiger partial charge in [-0.25, -0.2) is 13.6 Å². The summed E-state index contributed by atoms with van der Waals surface area (Å²) in [6.45, 7) is 4.25. The lowest BCUT2D eigenvalue weighted by molar-refractivity contribution is 0.554. The molecule has 0 bridgehead atoms. The van der Waals surface area contributed by atoms with E-state index in [4.69, 9.17) is 32.9 Å². The van der Waals surface area contributed by atoms with Gasteiger partial charge in [0.25, 0.3) is 10.3 Å². The van der Waals surface area contributed by atoms with E-state index in [1.165, 1.54) is 18.7 Å². The maximum Gasteiger partial charge on any atom is 0.259 e. The number of ether oxygens (including phenoxy) is 1. The van der Waals surface area contributed by atoms with E-state index in [2.05, 4.69) is 36.8 Å². The van der Waals surface area contributed by atoms with Crippen molar-refractivity contribution in [1.29, 1.82) is 0 Å². The first-order valence-electron chi connectivity index (χ1n) is 9.64. The van der Waals surface area contributed by atoms with Crippen LogP contribution in [0.5, 0.6) is 5.75 Å². The van der Waals surface area contributed by atoms with E-state index in [-0.39, 0.29) is 23.0 Å². The fraction of sp³-hybridized carbons (Fsp3) is 0.174. The van der Waals surface area contributed by atoms with Gasteiger partial charge < -0.3 is 26.8 Å². The zero-order chi connectivity index (χ0) is 25.0. The Labute approximate surface area is 217 Å². The van der Waals surface area contributed by atoms with Gasteiger partial charge in [-0.3, -0.25) is 4.98 Å². The number of pyridine rings is 1. The number of thiocarbonyl (C=S) groups is 2. The van der Waals surface area contributed by atoms with Crippen LogP contribution in [-0.2, 0) is 10.0 Å². The van der Waals surface area contributed by atoms with Crippen LogP contribution in [0.25, 0.3) is 22.4 Å². The van der Waals surface area contributed by atoms with Crippen molar-refractivity contribution in [3.8, 4) is 28.1 Å². The third kappa shape index (κ3) is 11.7. The molecule has 0 radical (unpaired) electrons. The second-order valence-electron chi connectivity index (χ2n) is 6.44. The predicted molar refractivity (Wildman–Crippen MR) is 150 cm³/mol. The summed E-state index contributed by atoms with van der Waals surface area (Å²) < 4.78 is 29.3. The number of aliphatic hydroxyl groups excluding tert-OH is 1. The number of nitrogens with zero attached hydrogens (tertiary/aromatic N) is 1. The molecule has 0 unspecified atom stereocenters. The minimum Gasteiger partial charge on any atom is -0.487 e. The van der Waals surface area contributed by atoms with Crippen LogP contribution >= 0.6 is 24.4 Å². The second kappa shape index (κ2) is 16.5. The highest BCUT2D eigenvalue weighted by Crippen LogP contribution is 2.36. The minimum atomic E-state index is -3.94. The zero-order valence-electron chi connectivity index (χ0n) is 18.6. The van der Waals surface area contributed by atoms with E-state index in [1.807, 2.05) is 30.3 Å².